The van der Waals surface area contributed by atoms with Crippen molar-refractivity contribution < 1.29 is 8.42 Å². The summed E-state index contributed by atoms with van der Waals surface area (Å²) < 4.78 is 24.9. The largest absolute Gasteiger partial charge is 0.312 e. The smallest absolute Gasteiger partial charge is 0.214 e. The molecule has 2 aliphatic carbocycles. The number of hydrogen-bond donors (Lipinski definition) is 1. The van der Waals surface area contributed by atoms with E-state index in [-0.39, 0.29) is 11.2 Å². The first-order valence-corrected chi connectivity index (χ1v) is 8.84. The monoisotopic (exact) mass is 288 g/mol. The van der Waals surface area contributed by atoms with Crippen LogP contribution in [-0.4, -0.2) is 45.2 Å². The number of hydrogen-bond acceptors (Lipinski definition) is 3. The summed E-state index contributed by atoms with van der Waals surface area (Å²) in [6.07, 6.45) is 3.90. The second-order valence-electron chi connectivity index (χ2n) is 7.40. The third-order valence-corrected chi connectivity index (χ3v) is 7.37. The van der Waals surface area contributed by atoms with E-state index in [0.29, 0.717) is 18.0 Å². The lowest BCUT2D eigenvalue weighted by Gasteiger charge is -2.43. The minimum Gasteiger partial charge on any atom is -0.312 e. The summed E-state index contributed by atoms with van der Waals surface area (Å²) in [5.41, 5.74) is 0.644. The molecule has 2 aliphatic rings. The van der Waals surface area contributed by atoms with Crippen molar-refractivity contribution in [2.24, 2.45) is 16.7 Å². The van der Waals surface area contributed by atoms with Crippen molar-refractivity contribution in [3.05, 3.63) is 0 Å². The Morgan fingerprint density at radius 1 is 1.26 bits per heavy atom. The van der Waals surface area contributed by atoms with Gasteiger partial charge in [-0.25, -0.2) is 12.7 Å². The van der Waals surface area contributed by atoms with Gasteiger partial charge in [0.2, 0.25) is 10.0 Å². The molecular formula is C14H28N2O2S. The minimum atomic E-state index is -3.09. The van der Waals surface area contributed by atoms with Crippen molar-refractivity contribution in [2.45, 2.75) is 46.1 Å². The van der Waals surface area contributed by atoms with Gasteiger partial charge in [-0.3, -0.25) is 0 Å². The Balaban J connectivity index is 1.97. The maximum atomic E-state index is 11.8. The van der Waals surface area contributed by atoms with E-state index in [2.05, 4.69) is 26.1 Å². The lowest BCUT2D eigenvalue weighted by molar-refractivity contribution is 0.111. The average molecular weight is 288 g/mol. The maximum absolute atomic E-state index is 11.8. The van der Waals surface area contributed by atoms with Gasteiger partial charge in [0.15, 0.2) is 0 Å². The molecule has 0 saturated heterocycles. The van der Waals surface area contributed by atoms with Crippen molar-refractivity contribution in [1.29, 1.82) is 0 Å². The molecule has 2 fully saturated rings. The zero-order valence-corrected chi connectivity index (χ0v) is 13.7. The molecule has 3 atom stereocenters. The van der Waals surface area contributed by atoms with Gasteiger partial charge in [0, 0.05) is 26.7 Å². The highest BCUT2D eigenvalue weighted by atomic mass is 32.2. The van der Waals surface area contributed by atoms with E-state index in [1.54, 1.807) is 14.1 Å². The molecule has 0 aromatic heterocycles. The van der Waals surface area contributed by atoms with Crippen LogP contribution in [0.3, 0.4) is 0 Å². The normalized spacial score (nSPS) is 37.2. The fraction of sp³-hybridized carbons (Fsp3) is 1.00. The molecule has 2 bridgehead atoms. The van der Waals surface area contributed by atoms with Gasteiger partial charge < -0.3 is 5.32 Å². The number of rotatable bonds is 5. The zero-order chi connectivity index (χ0) is 14.5. The van der Waals surface area contributed by atoms with E-state index < -0.39 is 10.0 Å². The third-order valence-electron chi connectivity index (χ3n) is 5.53. The maximum Gasteiger partial charge on any atom is 0.214 e. The molecule has 19 heavy (non-hydrogen) atoms. The van der Waals surface area contributed by atoms with E-state index >= 15 is 0 Å². The quantitative estimate of drug-likeness (QED) is 0.837. The topological polar surface area (TPSA) is 49.4 Å². The Morgan fingerprint density at radius 2 is 1.89 bits per heavy atom. The van der Waals surface area contributed by atoms with Gasteiger partial charge in [-0.2, -0.15) is 0 Å². The van der Waals surface area contributed by atoms with Gasteiger partial charge in [-0.15, -0.1) is 0 Å². The van der Waals surface area contributed by atoms with Crippen LogP contribution < -0.4 is 5.32 Å². The molecule has 2 saturated carbocycles. The van der Waals surface area contributed by atoms with Crippen LogP contribution in [0, 0.1) is 16.7 Å². The van der Waals surface area contributed by atoms with Gasteiger partial charge in [-0.1, -0.05) is 20.8 Å². The number of fused-ring (bicyclic) bond motifs is 2. The van der Waals surface area contributed by atoms with E-state index in [1.807, 2.05) is 0 Å². The fourth-order valence-corrected chi connectivity index (χ4v) is 5.07. The number of nitrogens with zero attached hydrogens (tertiary/aromatic N) is 1. The van der Waals surface area contributed by atoms with Crippen LogP contribution in [0.25, 0.3) is 0 Å². The van der Waals surface area contributed by atoms with Gasteiger partial charge >= 0.3 is 0 Å². The molecule has 0 aromatic rings. The first kappa shape index (κ1) is 15.3. The number of sulfonamides is 1. The minimum absolute atomic E-state index is 0.188. The van der Waals surface area contributed by atoms with Crippen LogP contribution in [-0.2, 0) is 10.0 Å². The predicted molar refractivity (Wildman–Crippen MR) is 78.5 cm³/mol. The first-order valence-electron chi connectivity index (χ1n) is 7.23. The van der Waals surface area contributed by atoms with E-state index in [1.165, 1.54) is 23.6 Å². The van der Waals surface area contributed by atoms with Crippen molar-refractivity contribution in [3.63, 3.8) is 0 Å². The molecular weight excluding hydrogens is 260 g/mol. The highest BCUT2D eigenvalue weighted by Crippen LogP contribution is 2.62. The van der Waals surface area contributed by atoms with Crippen molar-refractivity contribution in [1.82, 2.24) is 9.62 Å². The molecule has 4 nitrogen and oxygen atoms in total. The lowest BCUT2D eigenvalue weighted by Crippen LogP contribution is -2.51. The molecule has 0 heterocycles. The zero-order valence-electron chi connectivity index (χ0n) is 12.9. The molecule has 5 heteroatoms. The van der Waals surface area contributed by atoms with Crippen LogP contribution in [0.15, 0.2) is 0 Å². The van der Waals surface area contributed by atoms with E-state index in [4.69, 9.17) is 0 Å². The fourth-order valence-electron chi connectivity index (χ4n) is 4.33. The summed E-state index contributed by atoms with van der Waals surface area (Å²) in [7, 11) is 0.102. The molecule has 112 valence electrons. The molecule has 0 spiro atoms. The predicted octanol–water partition coefficient (Wildman–Crippen LogP) is 1.68. The SMILES string of the molecule is CN(C)S(=O)(=O)CCNC1C(C)(C)[C@H]2CC[C@]1(C)C2. The van der Waals surface area contributed by atoms with Crippen molar-refractivity contribution in [2.75, 3.05) is 26.4 Å². The first-order chi connectivity index (χ1) is 8.59. The van der Waals surface area contributed by atoms with E-state index in [9.17, 15) is 8.42 Å². The van der Waals surface area contributed by atoms with Gasteiger partial charge in [-0.05, 0) is 36.0 Å². The Kier molecular flexibility index (Phi) is 3.78. The van der Waals surface area contributed by atoms with Gasteiger partial charge in [0.1, 0.15) is 0 Å². The van der Waals surface area contributed by atoms with Gasteiger partial charge in [0.05, 0.1) is 5.75 Å². The second-order valence-corrected chi connectivity index (χ2v) is 9.70. The second kappa shape index (κ2) is 4.71. The van der Waals surface area contributed by atoms with E-state index in [0.717, 1.165) is 5.92 Å². The Hall–Kier alpha value is -0.130. The van der Waals surface area contributed by atoms with Crippen molar-refractivity contribution in [3.8, 4) is 0 Å². The molecule has 1 N–H and O–H groups in total. The lowest BCUT2D eigenvalue weighted by atomic mass is 9.68. The standard InChI is InChI=1S/C14H28N2O2S/c1-13(2)11-6-7-14(3,10-11)12(13)15-8-9-19(17,18)16(4)5/h11-12,15H,6-10H2,1-5H3/t11-,12?,14+/m0/s1. The summed E-state index contributed by atoms with van der Waals surface area (Å²) in [6, 6.07) is 0.441. The summed E-state index contributed by atoms with van der Waals surface area (Å²) >= 11 is 0. The molecule has 0 radical (unpaired) electrons. The number of nitrogens with one attached hydrogen (secondary N) is 1. The molecule has 0 aromatic carbocycles. The molecule has 0 aliphatic heterocycles. The average Bonchev–Trinajstić information content (AvgIpc) is 2.74. The Bertz CT molecular complexity index is 440. The summed E-state index contributed by atoms with van der Waals surface area (Å²) in [5.74, 6) is 0.980. The van der Waals surface area contributed by atoms with Crippen LogP contribution in [0.5, 0.6) is 0 Å². The summed E-state index contributed by atoms with van der Waals surface area (Å²) in [5, 5.41) is 3.55. The highest BCUT2D eigenvalue weighted by molar-refractivity contribution is 7.89. The molecule has 0 amide bonds. The van der Waals surface area contributed by atoms with Crippen molar-refractivity contribution >= 4 is 10.0 Å². The summed E-state index contributed by atoms with van der Waals surface area (Å²) in [6.45, 7) is 7.58. The highest BCUT2D eigenvalue weighted by Gasteiger charge is 2.58. The van der Waals surface area contributed by atoms with Gasteiger partial charge in [0.25, 0.3) is 0 Å². The van der Waals surface area contributed by atoms with Crippen LogP contribution >= 0.6 is 0 Å². The van der Waals surface area contributed by atoms with Crippen LogP contribution in [0.1, 0.15) is 40.0 Å². The Morgan fingerprint density at radius 3 is 2.37 bits per heavy atom. The Labute approximate surface area is 118 Å². The van der Waals surface area contributed by atoms with Crippen LogP contribution in [0.2, 0.25) is 0 Å². The third kappa shape index (κ3) is 2.57. The summed E-state index contributed by atoms with van der Waals surface area (Å²) in [4.78, 5) is 0. The molecule has 1 unspecified atom stereocenters. The molecule has 2 rings (SSSR count). The van der Waals surface area contributed by atoms with Crippen LogP contribution in [0.4, 0.5) is 0 Å².